The van der Waals surface area contributed by atoms with Crippen LogP contribution in [0.2, 0.25) is 0 Å². The molecule has 0 aromatic heterocycles. The van der Waals surface area contributed by atoms with Gasteiger partial charge in [-0.2, -0.15) is 0 Å². The molecule has 2 heterocycles. The molecule has 0 amide bonds. The van der Waals surface area contributed by atoms with Crippen LogP contribution in [-0.2, 0) is 44.5 Å². The summed E-state index contributed by atoms with van der Waals surface area (Å²) in [5, 5.41) is 0. The number of hydrogen-bond acceptors (Lipinski definition) is 8. The smallest absolute Gasteiger partial charge is 0.220 e. The average Bonchev–Trinajstić information content (AvgIpc) is 3.17. The summed E-state index contributed by atoms with van der Waals surface area (Å²) in [6, 6.07) is 10.1. The number of hydrogen-bond donors (Lipinski definition) is 0. The Labute approximate surface area is 203 Å². The molecular formula is C26H40O8. The van der Waals surface area contributed by atoms with Crippen LogP contribution in [-0.4, -0.2) is 75.3 Å². The highest BCUT2D eigenvalue weighted by molar-refractivity contribution is 5.13. The van der Waals surface area contributed by atoms with Crippen LogP contribution in [0.3, 0.4) is 0 Å². The van der Waals surface area contributed by atoms with Crippen molar-refractivity contribution in [3.8, 4) is 0 Å². The molecule has 2 aliphatic heterocycles. The van der Waals surface area contributed by atoms with Gasteiger partial charge in [0.1, 0.15) is 18.3 Å². The number of benzene rings is 1. The van der Waals surface area contributed by atoms with Gasteiger partial charge in [0, 0.05) is 14.2 Å². The van der Waals surface area contributed by atoms with Gasteiger partial charge in [0.05, 0.1) is 32.0 Å². The zero-order valence-electron chi connectivity index (χ0n) is 21.4. The molecule has 2 saturated heterocycles. The molecule has 1 aromatic rings. The minimum Gasteiger partial charge on any atom is -0.373 e. The molecule has 192 valence electrons. The topological polar surface area (TPSA) is 73.8 Å². The predicted molar refractivity (Wildman–Crippen MR) is 124 cm³/mol. The van der Waals surface area contributed by atoms with Gasteiger partial charge in [-0.3, -0.25) is 0 Å². The lowest BCUT2D eigenvalue weighted by atomic mass is 9.80. The molecule has 1 saturated carbocycles. The fraction of sp³-hybridized carbons (Fsp3) is 0.769. The number of methoxy groups -OCH3 is 2. The summed E-state index contributed by atoms with van der Waals surface area (Å²) in [7, 11) is 3.19. The zero-order valence-corrected chi connectivity index (χ0v) is 21.4. The second-order valence-electron chi connectivity index (χ2n) is 10.3. The summed E-state index contributed by atoms with van der Waals surface area (Å²) in [5.41, 5.74) is 1.11. The molecule has 8 nitrogen and oxygen atoms in total. The second kappa shape index (κ2) is 10.1. The van der Waals surface area contributed by atoms with Gasteiger partial charge >= 0.3 is 0 Å². The van der Waals surface area contributed by atoms with Gasteiger partial charge in [-0.25, -0.2) is 0 Å². The van der Waals surface area contributed by atoms with E-state index in [0.29, 0.717) is 19.8 Å². The van der Waals surface area contributed by atoms with Crippen LogP contribution in [0.25, 0.3) is 0 Å². The lowest BCUT2D eigenvalue weighted by Gasteiger charge is -2.57. The van der Waals surface area contributed by atoms with Gasteiger partial charge in [-0.15, -0.1) is 0 Å². The van der Waals surface area contributed by atoms with E-state index >= 15 is 0 Å². The lowest BCUT2D eigenvalue weighted by molar-refractivity contribution is -0.468. The number of ether oxygens (including phenoxy) is 8. The molecule has 0 spiro atoms. The fourth-order valence-electron chi connectivity index (χ4n) is 5.10. The van der Waals surface area contributed by atoms with Crippen molar-refractivity contribution < 1.29 is 37.9 Å². The highest BCUT2D eigenvalue weighted by atomic mass is 16.8. The molecule has 1 aromatic carbocycles. The van der Waals surface area contributed by atoms with Crippen molar-refractivity contribution in [1.82, 2.24) is 0 Å². The molecule has 3 fully saturated rings. The maximum absolute atomic E-state index is 6.61. The predicted octanol–water partition coefficient (Wildman–Crippen LogP) is 3.66. The summed E-state index contributed by atoms with van der Waals surface area (Å²) >= 11 is 0. The highest BCUT2D eigenvalue weighted by Crippen LogP contribution is 2.46. The van der Waals surface area contributed by atoms with Crippen molar-refractivity contribution in [2.45, 2.75) is 95.5 Å². The minimum atomic E-state index is -1.12. The van der Waals surface area contributed by atoms with Gasteiger partial charge in [-0.05, 0) is 45.6 Å². The normalized spacial score (nSPS) is 41.9. The van der Waals surface area contributed by atoms with Crippen LogP contribution in [0.5, 0.6) is 0 Å². The Morgan fingerprint density at radius 3 is 2.12 bits per heavy atom. The Kier molecular flexibility index (Phi) is 7.72. The second-order valence-corrected chi connectivity index (χ2v) is 10.3. The van der Waals surface area contributed by atoms with E-state index in [2.05, 4.69) is 19.1 Å². The Morgan fingerprint density at radius 1 is 0.882 bits per heavy atom. The monoisotopic (exact) mass is 480 g/mol. The van der Waals surface area contributed by atoms with Crippen LogP contribution in [0.1, 0.15) is 46.6 Å². The molecule has 4 rings (SSSR count). The summed E-state index contributed by atoms with van der Waals surface area (Å²) in [5.74, 6) is -2.66. The first-order valence-corrected chi connectivity index (χ1v) is 12.1. The Bertz CT molecular complexity index is 803. The van der Waals surface area contributed by atoms with Gasteiger partial charge in [0.15, 0.2) is 5.79 Å². The summed E-state index contributed by atoms with van der Waals surface area (Å²) in [6.45, 7) is 11.1. The third kappa shape index (κ3) is 5.20. The Morgan fingerprint density at radius 2 is 1.53 bits per heavy atom. The molecule has 3 aliphatic rings. The standard InChI is InChI=1S/C26H40O8/c1-17-13-20(29-15-19-16-31-24(2,3)32-19)22-23(21(17)30-14-18-11-9-8-10-12-18)34-26(5,28-7)25(4,27-6)33-22/h8-12,17,19-23H,13-16H2,1-7H3/t17-,19-,20-,21-,22-,23-,25?,26?/m1/s1. The largest absolute Gasteiger partial charge is 0.373 e. The summed E-state index contributed by atoms with van der Waals surface area (Å²) < 4.78 is 49.2. The quantitative estimate of drug-likeness (QED) is 0.558. The first-order valence-electron chi connectivity index (χ1n) is 12.1. The van der Waals surface area contributed by atoms with Crippen molar-refractivity contribution in [3.63, 3.8) is 0 Å². The van der Waals surface area contributed by atoms with Gasteiger partial charge in [0.25, 0.3) is 0 Å². The molecule has 1 aliphatic carbocycles. The van der Waals surface area contributed by atoms with E-state index in [-0.39, 0.29) is 24.2 Å². The van der Waals surface area contributed by atoms with Crippen LogP contribution in [0, 0.1) is 5.92 Å². The van der Waals surface area contributed by atoms with E-state index in [4.69, 9.17) is 37.9 Å². The first kappa shape index (κ1) is 26.0. The van der Waals surface area contributed by atoms with Crippen molar-refractivity contribution in [1.29, 1.82) is 0 Å². The number of rotatable bonds is 8. The van der Waals surface area contributed by atoms with Crippen LogP contribution in [0.15, 0.2) is 30.3 Å². The maximum atomic E-state index is 6.61. The van der Waals surface area contributed by atoms with Crippen molar-refractivity contribution >= 4 is 0 Å². The van der Waals surface area contributed by atoms with Gasteiger partial charge in [-0.1, -0.05) is 37.3 Å². The van der Waals surface area contributed by atoms with Gasteiger partial charge < -0.3 is 37.9 Å². The molecule has 0 N–H and O–H groups in total. The highest BCUT2D eigenvalue weighted by Gasteiger charge is 2.62. The fourth-order valence-corrected chi connectivity index (χ4v) is 5.10. The van der Waals surface area contributed by atoms with E-state index in [0.717, 1.165) is 12.0 Å². The minimum absolute atomic E-state index is 0.127. The van der Waals surface area contributed by atoms with Crippen LogP contribution >= 0.6 is 0 Å². The van der Waals surface area contributed by atoms with E-state index in [1.807, 2.05) is 45.9 Å². The molecule has 8 heteroatoms. The van der Waals surface area contributed by atoms with Crippen molar-refractivity contribution in [2.75, 3.05) is 27.4 Å². The third-order valence-electron chi connectivity index (χ3n) is 7.35. The average molecular weight is 481 g/mol. The molecule has 0 bridgehead atoms. The summed E-state index contributed by atoms with van der Waals surface area (Å²) in [4.78, 5) is 0. The Hall–Kier alpha value is -1.10. The number of fused-ring (bicyclic) bond motifs is 1. The molecule has 2 unspecified atom stereocenters. The molecule has 8 atom stereocenters. The van der Waals surface area contributed by atoms with Crippen LogP contribution < -0.4 is 0 Å². The Balaban J connectivity index is 1.53. The maximum Gasteiger partial charge on any atom is 0.220 e. The van der Waals surface area contributed by atoms with Crippen molar-refractivity contribution in [2.24, 2.45) is 5.92 Å². The third-order valence-corrected chi connectivity index (χ3v) is 7.35. The lowest BCUT2D eigenvalue weighted by Crippen LogP contribution is -2.71. The van der Waals surface area contributed by atoms with Crippen molar-refractivity contribution in [3.05, 3.63) is 35.9 Å². The first-order chi connectivity index (χ1) is 16.1. The van der Waals surface area contributed by atoms with Gasteiger partial charge in [0.2, 0.25) is 11.6 Å². The van der Waals surface area contributed by atoms with Crippen LogP contribution in [0.4, 0.5) is 0 Å². The van der Waals surface area contributed by atoms with E-state index < -0.39 is 29.6 Å². The van der Waals surface area contributed by atoms with E-state index in [1.165, 1.54) is 0 Å². The molecular weight excluding hydrogens is 440 g/mol. The van der Waals surface area contributed by atoms with E-state index in [1.54, 1.807) is 14.2 Å². The summed E-state index contributed by atoms with van der Waals surface area (Å²) in [6.07, 6.45) is -0.600. The zero-order chi connectivity index (χ0) is 24.6. The molecule has 0 radical (unpaired) electrons. The molecule has 34 heavy (non-hydrogen) atoms. The van der Waals surface area contributed by atoms with E-state index in [9.17, 15) is 0 Å². The SMILES string of the molecule is COC1(C)O[C@@H]2[C@H](OCc3ccccc3)[C@H](C)C[C@@H](OC[C@@H]3COC(C)(C)O3)[C@H]2OC1(C)OC.